The highest BCUT2D eigenvalue weighted by molar-refractivity contribution is 5.88. The average Bonchev–Trinajstić information content (AvgIpc) is 3.38. The largest absolute Gasteiger partial charge is 0.478 e. The standard InChI is InChI=1S/C22H26FNO4.C8H9F/c1-15(28-14-17(25)13-24-10-4-5-11-24)18-6-2-3-7-19(18)20-9-8-16(22(26)27)12-21(20)23;1-6-3-4-7(2)8(9)5-6/h2-3,6-9,12,15,17,25H,4-5,10-11,13-14H2,1H3,(H,26,27);3-5H,1-2H3. The van der Waals surface area contributed by atoms with E-state index in [4.69, 9.17) is 9.84 Å². The molecule has 1 aliphatic rings. The van der Waals surface area contributed by atoms with Crippen molar-refractivity contribution < 1.29 is 28.5 Å². The van der Waals surface area contributed by atoms with Crippen LogP contribution in [-0.4, -0.2) is 53.4 Å². The molecule has 0 amide bonds. The maximum absolute atomic E-state index is 14.5. The van der Waals surface area contributed by atoms with Crippen LogP contribution < -0.4 is 0 Å². The van der Waals surface area contributed by atoms with Crippen molar-refractivity contribution in [2.75, 3.05) is 26.2 Å². The monoisotopic (exact) mass is 511 g/mol. The van der Waals surface area contributed by atoms with Crippen molar-refractivity contribution in [3.63, 3.8) is 0 Å². The summed E-state index contributed by atoms with van der Waals surface area (Å²) in [4.78, 5) is 13.3. The van der Waals surface area contributed by atoms with Gasteiger partial charge in [0.1, 0.15) is 11.6 Å². The Morgan fingerprint density at radius 3 is 2.30 bits per heavy atom. The first kappa shape index (κ1) is 28.4. The minimum Gasteiger partial charge on any atom is -0.478 e. The summed E-state index contributed by atoms with van der Waals surface area (Å²) in [6, 6.07) is 16.4. The summed E-state index contributed by atoms with van der Waals surface area (Å²) in [5.41, 5.74) is 3.36. The highest BCUT2D eigenvalue weighted by Crippen LogP contribution is 2.32. The number of hydrogen-bond donors (Lipinski definition) is 2. The quantitative estimate of drug-likeness (QED) is 0.379. The molecule has 1 aliphatic heterocycles. The third-order valence-electron chi connectivity index (χ3n) is 6.44. The Hall–Kier alpha value is -3.13. The molecule has 0 radical (unpaired) electrons. The molecule has 198 valence electrons. The minimum absolute atomic E-state index is 0.0898. The maximum atomic E-state index is 14.5. The number of aliphatic hydroxyl groups excluding tert-OH is 1. The topological polar surface area (TPSA) is 70.0 Å². The molecule has 1 saturated heterocycles. The zero-order valence-electron chi connectivity index (χ0n) is 21.6. The predicted molar refractivity (Wildman–Crippen MR) is 141 cm³/mol. The number of carboxylic acids is 1. The SMILES string of the molecule is CC(OCC(O)CN1CCCC1)c1ccccc1-c1ccc(C(=O)O)cc1F.Cc1ccc(C)c(F)c1. The fourth-order valence-corrected chi connectivity index (χ4v) is 4.32. The fraction of sp³-hybridized carbons (Fsp3) is 0.367. The van der Waals surface area contributed by atoms with Crippen LogP contribution in [0.4, 0.5) is 8.78 Å². The second-order valence-corrected chi connectivity index (χ2v) is 9.48. The Morgan fingerprint density at radius 1 is 0.973 bits per heavy atom. The summed E-state index contributed by atoms with van der Waals surface area (Å²) >= 11 is 0. The van der Waals surface area contributed by atoms with E-state index in [0.717, 1.165) is 30.3 Å². The van der Waals surface area contributed by atoms with Crippen molar-refractivity contribution in [2.45, 2.75) is 45.8 Å². The molecule has 2 atom stereocenters. The van der Waals surface area contributed by atoms with Crippen LogP contribution in [0, 0.1) is 25.5 Å². The number of carbonyl (C=O) groups is 1. The van der Waals surface area contributed by atoms with Crippen LogP contribution in [0.25, 0.3) is 11.1 Å². The Morgan fingerprint density at radius 2 is 1.68 bits per heavy atom. The highest BCUT2D eigenvalue weighted by atomic mass is 19.1. The number of hydrogen-bond acceptors (Lipinski definition) is 4. The molecule has 0 aromatic heterocycles. The van der Waals surface area contributed by atoms with Crippen LogP contribution in [0.2, 0.25) is 0 Å². The Labute approximate surface area is 217 Å². The number of rotatable bonds is 8. The second-order valence-electron chi connectivity index (χ2n) is 9.48. The maximum Gasteiger partial charge on any atom is 0.335 e. The van der Waals surface area contributed by atoms with Gasteiger partial charge in [-0.3, -0.25) is 0 Å². The van der Waals surface area contributed by atoms with Crippen molar-refractivity contribution in [3.8, 4) is 11.1 Å². The molecular weight excluding hydrogens is 476 g/mol. The summed E-state index contributed by atoms with van der Waals surface area (Å²) in [7, 11) is 0. The van der Waals surface area contributed by atoms with Gasteiger partial charge in [-0.1, -0.05) is 42.5 Å². The van der Waals surface area contributed by atoms with Gasteiger partial charge in [-0.05, 0) is 87.2 Å². The van der Waals surface area contributed by atoms with Crippen LogP contribution in [-0.2, 0) is 4.74 Å². The van der Waals surface area contributed by atoms with Gasteiger partial charge in [0.2, 0.25) is 0 Å². The van der Waals surface area contributed by atoms with Crippen LogP contribution in [0.15, 0.2) is 60.7 Å². The van der Waals surface area contributed by atoms with Gasteiger partial charge in [-0.2, -0.15) is 0 Å². The summed E-state index contributed by atoms with van der Waals surface area (Å²) in [5, 5.41) is 19.3. The molecule has 0 spiro atoms. The number of aryl methyl sites for hydroxylation is 2. The molecule has 4 rings (SSSR count). The lowest BCUT2D eigenvalue weighted by atomic mass is 9.95. The van der Waals surface area contributed by atoms with E-state index >= 15 is 0 Å². The third kappa shape index (κ3) is 8.18. The van der Waals surface area contributed by atoms with E-state index in [-0.39, 0.29) is 24.1 Å². The number of aromatic carboxylic acids is 1. The lowest BCUT2D eigenvalue weighted by molar-refractivity contribution is -0.0131. The van der Waals surface area contributed by atoms with Gasteiger partial charge in [-0.15, -0.1) is 0 Å². The van der Waals surface area contributed by atoms with E-state index in [2.05, 4.69) is 4.90 Å². The van der Waals surface area contributed by atoms with E-state index in [1.54, 1.807) is 25.1 Å². The van der Waals surface area contributed by atoms with E-state index in [9.17, 15) is 18.7 Å². The van der Waals surface area contributed by atoms with E-state index in [1.807, 2.05) is 32.0 Å². The number of aliphatic hydroxyl groups is 1. The van der Waals surface area contributed by atoms with Gasteiger partial charge in [0, 0.05) is 12.1 Å². The van der Waals surface area contributed by atoms with Crippen molar-refractivity contribution in [1.82, 2.24) is 4.90 Å². The number of nitrogens with zero attached hydrogens (tertiary/aromatic N) is 1. The van der Waals surface area contributed by atoms with Gasteiger partial charge < -0.3 is 19.8 Å². The van der Waals surface area contributed by atoms with Gasteiger partial charge in [0.05, 0.1) is 24.4 Å². The first-order valence-electron chi connectivity index (χ1n) is 12.5. The Kier molecular flexibility index (Phi) is 10.3. The lowest BCUT2D eigenvalue weighted by Gasteiger charge is -2.22. The number of benzene rings is 3. The molecule has 2 N–H and O–H groups in total. The van der Waals surface area contributed by atoms with Gasteiger partial charge >= 0.3 is 5.97 Å². The molecule has 7 heteroatoms. The Balaban J connectivity index is 0.000000356. The van der Waals surface area contributed by atoms with Gasteiger partial charge in [0.15, 0.2) is 0 Å². The van der Waals surface area contributed by atoms with Crippen molar-refractivity contribution in [1.29, 1.82) is 0 Å². The van der Waals surface area contributed by atoms with E-state index in [1.165, 1.54) is 31.0 Å². The Bertz CT molecular complexity index is 1190. The molecule has 3 aromatic rings. The molecule has 0 saturated carbocycles. The summed E-state index contributed by atoms with van der Waals surface area (Å²) in [5.74, 6) is -1.87. The summed E-state index contributed by atoms with van der Waals surface area (Å²) in [6.45, 7) is 8.33. The predicted octanol–water partition coefficient (Wildman–Crippen LogP) is 6.17. The van der Waals surface area contributed by atoms with Crippen LogP contribution in [0.5, 0.6) is 0 Å². The molecule has 3 aromatic carbocycles. The number of carboxylic acid groups (broad SMARTS) is 1. The molecule has 1 fully saturated rings. The molecule has 0 aliphatic carbocycles. The normalized spacial score (nSPS) is 15.1. The molecule has 2 unspecified atom stereocenters. The molecule has 5 nitrogen and oxygen atoms in total. The third-order valence-corrected chi connectivity index (χ3v) is 6.44. The molecule has 1 heterocycles. The highest BCUT2D eigenvalue weighted by Gasteiger charge is 2.19. The first-order valence-corrected chi connectivity index (χ1v) is 12.5. The molecule has 0 bridgehead atoms. The summed E-state index contributed by atoms with van der Waals surface area (Å²) < 4.78 is 33.0. The molecule has 37 heavy (non-hydrogen) atoms. The van der Waals surface area contributed by atoms with E-state index < -0.39 is 17.9 Å². The van der Waals surface area contributed by atoms with Gasteiger partial charge in [0.25, 0.3) is 0 Å². The van der Waals surface area contributed by atoms with Gasteiger partial charge in [-0.25, -0.2) is 13.6 Å². The number of halogens is 2. The van der Waals surface area contributed by atoms with E-state index in [0.29, 0.717) is 23.2 Å². The van der Waals surface area contributed by atoms with Crippen LogP contribution in [0.3, 0.4) is 0 Å². The van der Waals surface area contributed by atoms with Crippen molar-refractivity contribution >= 4 is 5.97 Å². The van der Waals surface area contributed by atoms with Crippen molar-refractivity contribution in [3.05, 3.63) is 94.6 Å². The average molecular weight is 512 g/mol. The second kappa shape index (κ2) is 13.4. The number of ether oxygens (including phenoxy) is 1. The van der Waals surface area contributed by atoms with Crippen LogP contribution in [0.1, 0.15) is 52.9 Å². The smallest absolute Gasteiger partial charge is 0.335 e. The van der Waals surface area contributed by atoms with Crippen LogP contribution >= 0.6 is 0 Å². The minimum atomic E-state index is -1.16. The summed E-state index contributed by atoms with van der Waals surface area (Å²) in [6.07, 6.45) is 1.43. The molecular formula is C30H35F2NO4. The fourth-order valence-electron chi connectivity index (χ4n) is 4.32. The number of β-amino-alcohol motifs (C(OH)–C–C–N with tert-alkyl or cyclic N) is 1. The number of likely N-dealkylation sites (tertiary alicyclic amines) is 1. The van der Waals surface area contributed by atoms with Crippen molar-refractivity contribution in [2.24, 2.45) is 0 Å². The zero-order valence-corrected chi connectivity index (χ0v) is 21.6. The lowest BCUT2D eigenvalue weighted by Crippen LogP contribution is -2.33. The zero-order chi connectivity index (χ0) is 26.9. The first-order chi connectivity index (χ1) is 17.7.